The van der Waals surface area contributed by atoms with Crippen LogP contribution in [0.15, 0.2) is 33.7 Å². The molecular formula is C26H36N8O8S2. The van der Waals surface area contributed by atoms with Gasteiger partial charge in [0.2, 0.25) is 0 Å². The van der Waals surface area contributed by atoms with Crippen molar-refractivity contribution in [1.82, 2.24) is 14.9 Å². The van der Waals surface area contributed by atoms with Crippen molar-refractivity contribution in [3.05, 3.63) is 40.4 Å². The zero-order chi connectivity index (χ0) is 32.1. The molecule has 1 unspecified atom stereocenters. The quantitative estimate of drug-likeness (QED) is 0.0543. The first kappa shape index (κ1) is 33.1. The standard InChI is InChI=1S/C26H36N8O8S2/c1-26(2)19(23(36)34(26)42-44(37,38)39)13-21(35)22(20-15-43-25(29)31-20)32-41-11-10-40-18-5-4-17-14-33(9-6-16(17)12-18)24(28)30-8-3-7-27/h4-5,12,15,19H,3,6-11,13-14,27H2,1-2H3,(H2,28,30)(H2,29,31)(H,37,38,39)/b32-22-. The van der Waals surface area contributed by atoms with Crippen molar-refractivity contribution in [3.8, 4) is 5.75 Å². The smallest absolute Gasteiger partial charge is 0.418 e. The summed E-state index contributed by atoms with van der Waals surface area (Å²) in [4.78, 5) is 41.6. The molecule has 1 aromatic heterocycles. The Bertz CT molecular complexity index is 1540. The first-order valence-electron chi connectivity index (χ1n) is 13.7. The van der Waals surface area contributed by atoms with Crippen molar-refractivity contribution in [1.29, 1.82) is 0 Å². The van der Waals surface area contributed by atoms with Crippen LogP contribution in [-0.4, -0.2) is 89.7 Å². The second kappa shape index (κ2) is 13.9. The number of Topliss-reactive ketones (excluding diaryl/α,β-unsaturated/α-hetero) is 1. The number of hydrogen-bond donors (Lipinski definition) is 4. The predicted octanol–water partition coefficient (Wildman–Crippen LogP) is 0.477. The molecule has 0 radical (unpaired) electrons. The van der Waals surface area contributed by atoms with E-state index in [0.717, 1.165) is 41.9 Å². The normalized spacial score (nSPS) is 18.5. The van der Waals surface area contributed by atoms with Crippen molar-refractivity contribution >= 4 is 50.2 Å². The fourth-order valence-electron chi connectivity index (χ4n) is 4.79. The Morgan fingerprint density at radius 1 is 1.27 bits per heavy atom. The van der Waals surface area contributed by atoms with E-state index in [1.54, 1.807) is 0 Å². The summed E-state index contributed by atoms with van der Waals surface area (Å²) in [5.41, 5.74) is 18.5. The van der Waals surface area contributed by atoms with Crippen LogP contribution in [0.4, 0.5) is 5.13 Å². The molecule has 2 aliphatic heterocycles. The zero-order valence-corrected chi connectivity index (χ0v) is 26.0. The van der Waals surface area contributed by atoms with Gasteiger partial charge in [0.1, 0.15) is 18.1 Å². The maximum Gasteiger partial charge on any atom is 0.418 e. The number of hydroxylamine groups is 2. The number of nitrogen functional groups attached to an aromatic ring is 1. The Morgan fingerprint density at radius 2 is 2.05 bits per heavy atom. The van der Waals surface area contributed by atoms with E-state index in [9.17, 15) is 18.0 Å². The average molecular weight is 653 g/mol. The number of thiazole rings is 1. The molecule has 0 spiro atoms. The number of aliphatic imine (C=N–C) groups is 1. The molecule has 2 aromatic rings. The van der Waals surface area contributed by atoms with Crippen LogP contribution in [0.3, 0.4) is 0 Å². The number of carbonyl (C=O) groups excluding carboxylic acids is 2. The SMILES string of the molecule is CC1(C)C(CC(=O)/C(=N\OCCOc2ccc3c(c2)CCN(C(N)=NCCCN)C3)c2csc(N)n2)C(=O)N1OS(=O)(=O)O. The molecule has 7 N–H and O–H groups in total. The van der Waals surface area contributed by atoms with E-state index in [2.05, 4.69) is 19.4 Å². The number of nitrogens with zero attached hydrogens (tertiary/aromatic N) is 5. The van der Waals surface area contributed by atoms with Crippen LogP contribution in [0.1, 0.15) is 43.5 Å². The fraction of sp³-hybridized carbons (Fsp3) is 0.500. The van der Waals surface area contributed by atoms with Crippen molar-refractivity contribution in [2.24, 2.45) is 27.5 Å². The fourth-order valence-corrected chi connectivity index (χ4v) is 5.79. The number of nitrogens with two attached hydrogens (primary N) is 3. The summed E-state index contributed by atoms with van der Waals surface area (Å²) >= 11 is 1.10. The highest BCUT2D eigenvalue weighted by molar-refractivity contribution is 7.80. The monoisotopic (exact) mass is 652 g/mol. The van der Waals surface area contributed by atoms with Crippen LogP contribution < -0.4 is 21.9 Å². The van der Waals surface area contributed by atoms with E-state index in [0.29, 0.717) is 36.4 Å². The number of aromatic nitrogens is 1. The average Bonchev–Trinajstić information content (AvgIpc) is 3.41. The third-order valence-electron chi connectivity index (χ3n) is 7.21. The van der Waals surface area contributed by atoms with Crippen LogP contribution >= 0.6 is 11.3 Å². The van der Waals surface area contributed by atoms with Gasteiger partial charge in [-0.05, 0) is 56.5 Å². The van der Waals surface area contributed by atoms with Crippen molar-refractivity contribution < 1.29 is 36.4 Å². The number of hydrogen-bond acceptors (Lipinski definition) is 13. The number of carbonyl (C=O) groups is 2. The molecule has 1 amide bonds. The Balaban J connectivity index is 1.33. The summed E-state index contributed by atoms with van der Waals surface area (Å²) in [5.74, 6) is -1.15. The number of oxime groups is 1. The van der Waals surface area contributed by atoms with Crippen LogP contribution in [0.25, 0.3) is 0 Å². The minimum Gasteiger partial charge on any atom is -0.490 e. The van der Waals surface area contributed by atoms with Crippen molar-refractivity contribution in [2.45, 2.75) is 45.2 Å². The lowest BCUT2D eigenvalue weighted by Crippen LogP contribution is -2.68. The minimum atomic E-state index is -4.92. The maximum atomic E-state index is 13.2. The molecule has 240 valence electrons. The molecule has 0 saturated carbocycles. The van der Waals surface area contributed by atoms with Crippen molar-refractivity contribution in [3.63, 3.8) is 0 Å². The first-order chi connectivity index (χ1) is 20.8. The molecular weight excluding hydrogens is 616 g/mol. The molecule has 16 nitrogen and oxygen atoms in total. The summed E-state index contributed by atoms with van der Waals surface area (Å²) in [6.45, 7) is 5.68. The Morgan fingerprint density at radius 3 is 2.70 bits per heavy atom. The lowest BCUT2D eigenvalue weighted by Gasteiger charge is -2.50. The zero-order valence-electron chi connectivity index (χ0n) is 24.3. The Kier molecular flexibility index (Phi) is 10.4. The maximum absolute atomic E-state index is 13.2. The minimum absolute atomic E-state index is 0.000882. The number of ether oxygens (including phenoxy) is 1. The lowest BCUT2D eigenvalue weighted by atomic mass is 9.74. The van der Waals surface area contributed by atoms with Gasteiger partial charge in [-0.25, -0.2) is 4.98 Å². The van der Waals surface area contributed by atoms with Crippen molar-refractivity contribution in [2.75, 3.05) is 38.6 Å². The summed E-state index contributed by atoms with van der Waals surface area (Å²) in [6, 6.07) is 5.81. The Hall–Kier alpha value is -3.84. The number of β-lactam (4-membered cyclic amide) rings is 1. The number of rotatable bonds is 14. The van der Waals surface area contributed by atoms with Crippen LogP contribution in [0.5, 0.6) is 5.75 Å². The van der Waals surface area contributed by atoms with Gasteiger partial charge in [-0.2, -0.15) is 13.5 Å². The molecule has 1 fully saturated rings. The van der Waals surface area contributed by atoms with E-state index in [1.165, 1.54) is 19.2 Å². The summed E-state index contributed by atoms with van der Waals surface area (Å²) in [6.07, 6.45) is 1.22. The highest BCUT2D eigenvalue weighted by Gasteiger charge is 2.57. The number of benzene rings is 1. The molecule has 2 aliphatic rings. The lowest BCUT2D eigenvalue weighted by molar-refractivity contribution is -0.228. The molecule has 0 bridgehead atoms. The summed E-state index contributed by atoms with van der Waals surface area (Å²) in [7, 11) is -4.92. The predicted molar refractivity (Wildman–Crippen MR) is 162 cm³/mol. The van der Waals surface area contributed by atoms with E-state index >= 15 is 0 Å². The highest BCUT2D eigenvalue weighted by Crippen LogP contribution is 2.40. The van der Waals surface area contributed by atoms with E-state index in [-0.39, 0.29) is 36.2 Å². The molecule has 44 heavy (non-hydrogen) atoms. The van der Waals surface area contributed by atoms with Gasteiger partial charge in [0, 0.05) is 31.4 Å². The number of amides is 1. The first-order valence-corrected chi connectivity index (χ1v) is 16.0. The summed E-state index contributed by atoms with van der Waals surface area (Å²) in [5, 5.41) is 6.21. The van der Waals surface area contributed by atoms with Gasteiger partial charge in [-0.1, -0.05) is 11.2 Å². The van der Waals surface area contributed by atoms with Crippen LogP contribution in [-0.2, 0) is 42.1 Å². The molecule has 4 rings (SSSR count). The highest BCUT2D eigenvalue weighted by atomic mass is 32.3. The third-order valence-corrected chi connectivity index (χ3v) is 8.22. The third kappa shape index (κ3) is 8.00. The molecule has 0 aliphatic carbocycles. The van der Waals surface area contributed by atoms with Gasteiger partial charge in [0.05, 0.1) is 11.5 Å². The van der Waals surface area contributed by atoms with E-state index in [4.69, 9.17) is 31.3 Å². The van der Waals surface area contributed by atoms with Gasteiger partial charge >= 0.3 is 10.4 Å². The molecule has 3 heterocycles. The second-order valence-corrected chi connectivity index (χ2v) is 12.5. The van der Waals surface area contributed by atoms with Crippen LogP contribution in [0.2, 0.25) is 0 Å². The van der Waals surface area contributed by atoms with Crippen LogP contribution in [0, 0.1) is 5.92 Å². The Labute approximate surface area is 258 Å². The van der Waals surface area contributed by atoms with Gasteiger partial charge in [0.15, 0.2) is 29.2 Å². The largest absolute Gasteiger partial charge is 0.490 e. The van der Waals surface area contributed by atoms with Gasteiger partial charge in [0.25, 0.3) is 5.91 Å². The number of guanidine groups is 1. The molecule has 1 atom stereocenters. The summed E-state index contributed by atoms with van der Waals surface area (Å²) < 4.78 is 41.3. The molecule has 18 heteroatoms. The topological polar surface area (TPSA) is 238 Å². The second-order valence-electron chi connectivity index (χ2n) is 10.6. The van der Waals surface area contributed by atoms with E-state index < -0.39 is 33.5 Å². The van der Waals surface area contributed by atoms with Gasteiger partial charge < -0.3 is 31.7 Å². The van der Waals surface area contributed by atoms with Gasteiger partial charge in [-0.15, -0.1) is 15.6 Å². The number of ketones is 1. The van der Waals surface area contributed by atoms with Gasteiger partial charge in [-0.3, -0.25) is 19.1 Å². The van der Waals surface area contributed by atoms with E-state index in [1.807, 2.05) is 23.1 Å². The number of anilines is 1. The molecule has 1 aromatic carbocycles. The molecule has 1 saturated heterocycles. The number of fused-ring (bicyclic) bond motifs is 1.